The number of nitro groups is 1. The molecule has 1 aromatic heterocycles. The summed E-state index contributed by atoms with van der Waals surface area (Å²) in [5.74, 6) is 0. The highest BCUT2D eigenvalue weighted by molar-refractivity contribution is 7.89. The van der Waals surface area contributed by atoms with Crippen LogP contribution in [0.1, 0.15) is 0 Å². The quantitative estimate of drug-likeness (QED) is 0.536. The Balaban J connectivity index is 2.59. The summed E-state index contributed by atoms with van der Waals surface area (Å²) in [7, 11) is -3.56. The van der Waals surface area contributed by atoms with E-state index < -0.39 is 14.9 Å². The molecule has 0 atom stereocenters. The monoisotopic (exact) mass is 290 g/mol. The summed E-state index contributed by atoms with van der Waals surface area (Å²) < 4.78 is 25.1. The Morgan fingerprint density at radius 2 is 1.70 bits per heavy atom. The van der Waals surface area contributed by atoms with Crippen molar-refractivity contribution in [3.8, 4) is 0 Å². The summed E-state index contributed by atoms with van der Waals surface area (Å²) in [4.78, 5) is 10.3. The van der Waals surface area contributed by atoms with Crippen molar-refractivity contribution in [3.05, 3.63) is 52.6 Å². The van der Waals surface area contributed by atoms with Gasteiger partial charge in [0.05, 0.1) is 22.2 Å². The van der Waals surface area contributed by atoms with Crippen LogP contribution in [0, 0.1) is 10.1 Å². The molecule has 2 aromatic carbocycles. The molecule has 0 saturated carbocycles. The number of para-hydroxylation sites is 1. The molecule has 0 radical (unpaired) electrons. The molecule has 6 nitrogen and oxygen atoms in total. The topological polar surface area (TPSA) is 82.2 Å². The molecule has 0 aliphatic carbocycles. The summed E-state index contributed by atoms with van der Waals surface area (Å²) >= 11 is 0. The number of benzene rings is 2. The maximum atomic E-state index is 12.0. The number of non-ortho nitro benzene ring substituents is 1. The highest BCUT2D eigenvalue weighted by Gasteiger charge is 2.19. The van der Waals surface area contributed by atoms with Crippen molar-refractivity contribution < 1.29 is 13.3 Å². The van der Waals surface area contributed by atoms with Crippen LogP contribution < -0.4 is 0 Å². The second kappa shape index (κ2) is 4.04. The van der Waals surface area contributed by atoms with Gasteiger partial charge in [0.2, 0.25) is 10.0 Å². The largest absolute Gasteiger partial charge is 0.271 e. The molecule has 0 fully saturated rings. The van der Waals surface area contributed by atoms with E-state index in [1.54, 1.807) is 30.3 Å². The lowest BCUT2D eigenvalue weighted by Gasteiger charge is -2.03. The van der Waals surface area contributed by atoms with Gasteiger partial charge >= 0.3 is 0 Å². The van der Waals surface area contributed by atoms with Crippen molar-refractivity contribution in [1.29, 1.82) is 0 Å². The molecule has 20 heavy (non-hydrogen) atoms. The fraction of sp³-hybridized carbons (Fsp3) is 0.0769. The maximum absolute atomic E-state index is 12.0. The molecule has 0 saturated heterocycles. The van der Waals surface area contributed by atoms with Gasteiger partial charge in [-0.05, 0) is 12.1 Å². The van der Waals surface area contributed by atoms with Crippen LogP contribution in [-0.4, -0.2) is 23.6 Å². The number of nitro benzene ring substituents is 1. The Labute approximate surface area is 114 Å². The Hall–Kier alpha value is -2.41. The lowest BCUT2D eigenvalue weighted by molar-refractivity contribution is -0.384. The van der Waals surface area contributed by atoms with E-state index in [0.29, 0.717) is 16.4 Å². The molecule has 0 N–H and O–H groups in total. The highest BCUT2D eigenvalue weighted by Crippen LogP contribution is 2.32. The predicted molar refractivity (Wildman–Crippen MR) is 76.3 cm³/mol. The van der Waals surface area contributed by atoms with Crippen LogP contribution in [0.3, 0.4) is 0 Å². The minimum Gasteiger partial charge on any atom is -0.258 e. The summed E-state index contributed by atoms with van der Waals surface area (Å²) in [6, 6.07) is 11.3. The lowest BCUT2D eigenvalue weighted by atomic mass is 10.1. The molecule has 0 unspecified atom stereocenters. The average Bonchev–Trinajstić information content (AvgIpc) is 2.71. The van der Waals surface area contributed by atoms with Crippen LogP contribution in [0.4, 0.5) is 5.69 Å². The van der Waals surface area contributed by atoms with E-state index in [2.05, 4.69) is 0 Å². The molecule has 0 amide bonds. The van der Waals surface area contributed by atoms with Crippen molar-refractivity contribution >= 4 is 37.5 Å². The molecule has 102 valence electrons. The van der Waals surface area contributed by atoms with Gasteiger partial charge in [0.25, 0.3) is 5.69 Å². The van der Waals surface area contributed by atoms with Gasteiger partial charge in [-0.15, -0.1) is 0 Å². The maximum Gasteiger partial charge on any atom is 0.271 e. The van der Waals surface area contributed by atoms with E-state index in [-0.39, 0.29) is 5.69 Å². The Bertz CT molecular complexity index is 957. The fourth-order valence-corrected chi connectivity index (χ4v) is 3.42. The molecular formula is C13H10N2O4S. The standard InChI is InChI=1S/C13H10N2O4S/c1-20(18,19)14-12-5-3-2-4-10(12)11-7-6-9(15(16)17)8-13(11)14/h2-8H,1H3. The molecule has 0 aliphatic heterocycles. The summed E-state index contributed by atoms with van der Waals surface area (Å²) in [6.07, 6.45) is 1.08. The van der Waals surface area contributed by atoms with Gasteiger partial charge in [0.1, 0.15) is 0 Å². The summed E-state index contributed by atoms with van der Waals surface area (Å²) in [5, 5.41) is 12.3. The van der Waals surface area contributed by atoms with Crippen LogP contribution in [0.5, 0.6) is 0 Å². The number of aromatic nitrogens is 1. The van der Waals surface area contributed by atoms with E-state index in [1.165, 1.54) is 12.1 Å². The number of hydrogen-bond acceptors (Lipinski definition) is 4. The normalized spacial score (nSPS) is 12.1. The Morgan fingerprint density at radius 1 is 1.05 bits per heavy atom. The Kier molecular flexibility index (Phi) is 2.55. The Morgan fingerprint density at radius 3 is 2.35 bits per heavy atom. The molecule has 7 heteroatoms. The van der Waals surface area contributed by atoms with Crippen molar-refractivity contribution in [2.45, 2.75) is 0 Å². The molecule has 0 aliphatic rings. The minimum absolute atomic E-state index is 0.134. The van der Waals surface area contributed by atoms with Crippen molar-refractivity contribution in [2.75, 3.05) is 6.26 Å². The molecule has 3 aromatic rings. The third-order valence-electron chi connectivity index (χ3n) is 3.16. The molecular weight excluding hydrogens is 280 g/mol. The van der Waals surface area contributed by atoms with E-state index in [1.807, 2.05) is 0 Å². The number of fused-ring (bicyclic) bond motifs is 3. The van der Waals surface area contributed by atoms with Gasteiger partial charge in [0.15, 0.2) is 0 Å². The van der Waals surface area contributed by atoms with Crippen LogP contribution in [0.15, 0.2) is 42.5 Å². The van der Waals surface area contributed by atoms with Crippen LogP contribution in [0.2, 0.25) is 0 Å². The predicted octanol–water partition coefficient (Wildman–Crippen LogP) is 2.51. The number of rotatable bonds is 2. The number of nitrogens with zero attached hydrogens (tertiary/aromatic N) is 2. The second-order valence-electron chi connectivity index (χ2n) is 4.50. The van der Waals surface area contributed by atoms with Crippen molar-refractivity contribution in [2.24, 2.45) is 0 Å². The van der Waals surface area contributed by atoms with Gasteiger partial charge in [-0.3, -0.25) is 10.1 Å². The van der Waals surface area contributed by atoms with E-state index in [9.17, 15) is 18.5 Å². The fourth-order valence-electron chi connectivity index (χ4n) is 2.39. The zero-order valence-electron chi connectivity index (χ0n) is 10.5. The van der Waals surface area contributed by atoms with Crippen LogP contribution in [-0.2, 0) is 10.0 Å². The van der Waals surface area contributed by atoms with E-state index in [0.717, 1.165) is 15.6 Å². The third kappa shape index (κ3) is 1.75. The number of hydrogen-bond donors (Lipinski definition) is 0. The minimum atomic E-state index is -3.56. The van der Waals surface area contributed by atoms with E-state index >= 15 is 0 Å². The average molecular weight is 290 g/mol. The zero-order valence-corrected chi connectivity index (χ0v) is 11.3. The van der Waals surface area contributed by atoms with Crippen LogP contribution in [0.25, 0.3) is 21.8 Å². The van der Waals surface area contributed by atoms with Crippen LogP contribution >= 0.6 is 0 Å². The van der Waals surface area contributed by atoms with Crippen molar-refractivity contribution in [3.63, 3.8) is 0 Å². The summed E-state index contributed by atoms with van der Waals surface area (Å²) in [5.41, 5.74) is 0.707. The first-order valence-electron chi connectivity index (χ1n) is 5.78. The molecule has 0 spiro atoms. The second-order valence-corrected chi connectivity index (χ2v) is 6.33. The van der Waals surface area contributed by atoms with Gasteiger partial charge in [-0.25, -0.2) is 12.4 Å². The first kappa shape index (κ1) is 12.6. The summed E-state index contributed by atoms with van der Waals surface area (Å²) in [6.45, 7) is 0. The third-order valence-corrected chi connectivity index (χ3v) is 4.21. The molecule has 3 rings (SSSR count). The highest BCUT2D eigenvalue weighted by atomic mass is 32.2. The first-order chi connectivity index (χ1) is 9.39. The smallest absolute Gasteiger partial charge is 0.258 e. The van der Waals surface area contributed by atoms with Crippen molar-refractivity contribution in [1.82, 2.24) is 3.97 Å². The van der Waals surface area contributed by atoms with Gasteiger partial charge in [0, 0.05) is 22.9 Å². The van der Waals surface area contributed by atoms with E-state index in [4.69, 9.17) is 0 Å². The van der Waals surface area contributed by atoms with Gasteiger partial charge < -0.3 is 0 Å². The SMILES string of the molecule is CS(=O)(=O)n1c2ccccc2c2ccc([N+](=O)[O-])cc21. The zero-order chi connectivity index (χ0) is 14.5. The molecule has 1 heterocycles. The lowest BCUT2D eigenvalue weighted by Crippen LogP contribution is -2.09. The van der Waals surface area contributed by atoms with Gasteiger partial charge in [-0.2, -0.15) is 0 Å². The first-order valence-corrected chi connectivity index (χ1v) is 7.62. The molecule has 0 bridgehead atoms. The van der Waals surface area contributed by atoms with Gasteiger partial charge in [-0.1, -0.05) is 18.2 Å².